The van der Waals surface area contributed by atoms with Crippen molar-refractivity contribution in [1.82, 2.24) is 10.4 Å². The van der Waals surface area contributed by atoms with Gasteiger partial charge in [-0.15, -0.1) is 0 Å². The quantitative estimate of drug-likeness (QED) is 0.616. The third-order valence-corrected chi connectivity index (χ3v) is 4.89. The zero-order valence-electron chi connectivity index (χ0n) is 13.8. The van der Waals surface area contributed by atoms with Crippen molar-refractivity contribution in [3.63, 3.8) is 0 Å². The molecule has 0 radical (unpaired) electrons. The number of hydrogen-bond acceptors (Lipinski definition) is 4. The highest BCUT2D eigenvalue weighted by Gasteiger charge is 2.36. The normalized spacial score (nSPS) is 15.9. The molecule has 6 nitrogen and oxygen atoms in total. The highest BCUT2D eigenvalue weighted by atomic mass is 79.9. The maximum absolute atomic E-state index is 13.1. The third-order valence-electron chi connectivity index (χ3n) is 4.12. The van der Waals surface area contributed by atoms with E-state index in [4.69, 9.17) is 16.0 Å². The van der Waals surface area contributed by atoms with E-state index in [1.54, 1.807) is 54.6 Å². The molecule has 1 aliphatic heterocycles. The van der Waals surface area contributed by atoms with Gasteiger partial charge in [-0.1, -0.05) is 27.5 Å². The summed E-state index contributed by atoms with van der Waals surface area (Å²) in [6.07, 6.45) is 0.814. The Morgan fingerprint density at radius 3 is 2.67 bits per heavy atom. The Morgan fingerprint density at radius 2 is 1.96 bits per heavy atom. The number of nitrogens with zero attached hydrogens (tertiary/aromatic N) is 1. The molecule has 0 spiro atoms. The summed E-state index contributed by atoms with van der Waals surface area (Å²) < 4.78 is 6.31. The van der Waals surface area contributed by atoms with Crippen LogP contribution in [0.2, 0.25) is 5.02 Å². The molecule has 0 bridgehead atoms. The zero-order chi connectivity index (χ0) is 19.0. The van der Waals surface area contributed by atoms with Gasteiger partial charge < -0.3 is 9.73 Å². The molecule has 1 atom stereocenters. The van der Waals surface area contributed by atoms with Crippen LogP contribution in [0.4, 0.5) is 5.69 Å². The Labute approximate surface area is 168 Å². The number of furan rings is 1. The molecule has 2 N–H and O–H groups in total. The van der Waals surface area contributed by atoms with Crippen molar-refractivity contribution in [2.45, 2.75) is 6.17 Å². The second-order valence-electron chi connectivity index (χ2n) is 5.88. The molecule has 8 heteroatoms. The van der Waals surface area contributed by atoms with Crippen LogP contribution in [0, 0.1) is 0 Å². The van der Waals surface area contributed by atoms with Gasteiger partial charge in [-0.05, 0) is 54.6 Å². The van der Waals surface area contributed by atoms with Crippen LogP contribution in [0.3, 0.4) is 0 Å². The van der Waals surface area contributed by atoms with Gasteiger partial charge in [0.25, 0.3) is 11.8 Å². The van der Waals surface area contributed by atoms with Crippen molar-refractivity contribution in [2.75, 3.05) is 5.32 Å². The first-order valence-electron chi connectivity index (χ1n) is 8.02. The fourth-order valence-electron chi connectivity index (χ4n) is 2.81. The minimum Gasteiger partial charge on any atom is -0.465 e. The van der Waals surface area contributed by atoms with E-state index in [0.29, 0.717) is 27.6 Å². The van der Waals surface area contributed by atoms with Crippen LogP contribution < -0.4 is 10.7 Å². The number of carbonyl (C=O) groups excluding carboxylic acids is 2. The van der Waals surface area contributed by atoms with Crippen LogP contribution in [0.25, 0.3) is 0 Å². The molecule has 0 saturated heterocycles. The van der Waals surface area contributed by atoms with E-state index in [-0.39, 0.29) is 0 Å². The summed E-state index contributed by atoms with van der Waals surface area (Å²) in [7, 11) is 0. The van der Waals surface area contributed by atoms with Crippen molar-refractivity contribution in [3.8, 4) is 0 Å². The minimum absolute atomic E-state index is 0.362. The molecule has 3 aromatic rings. The van der Waals surface area contributed by atoms with Crippen LogP contribution >= 0.6 is 27.5 Å². The Balaban J connectivity index is 1.69. The second kappa shape index (κ2) is 7.09. The maximum atomic E-state index is 13.1. The van der Waals surface area contributed by atoms with Crippen molar-refractivity contribution in [3.05, 3.63) is 87.2 Å². The number of hydrazine groups is 1. The lowest BCUT2D eigenvalue weighted by atomic mass is 10.1. The fourth-order valence-corrected chi connectivity index (χ4v) is 3.25. The minimum atomic E-state index is -0.694. The molecule has 27 heavy (non-hydrogen) atoms. The summed E-state index contributed by atoms with van der Waals surface area (Å²) in [4.78, 5) is 25.7. The summed E-state index contributed by atoms with van der Waals surface area (Å²) in [6, 6.07) is 15.2. The lowest BCUT2D eigenvalue weighted by Crippen LogP contribution is -2.52. The molecule has 0 saturated carbocycles. The summed E-state index contributed by atoms with van der Waals surface area (Å²) in [5.41, 5.74) is 4.06. The Morgan fingerprint density at radius 1 is 1.19 bits per heavy atom. The van der Waals surface area contributed by atoms with Crippen molar-refractivity contribution in [2.24, 2.45) is 0 Å². The summed E-state index contributed by atoms with van der Waals surface area (Å²) in [6.45, 7) is 0. The second-order valence-corrected chi connectivity index (χ2v) is 7.23. The molecule has 4 rings (SSSR count). The fraction of sp³-hybridized carbons (Fsp3) is 0.0526. The first kappa shape index (κ1) is 17.6. The number of hydrogen-bond donors (Lipinski definition) is 2. The average molecular weight is 447 g/mol. The predicted molar refractivity (Wildman–Crippen MR) is 104 cm³/mol. The van der Waals surface area contributed by atoms with E-state index in [9.17, 15) is 9.59 Å². The summed E-state index contributed by atoms with van der Waals surface area (Å²) >= 11 is 9.37. The molecule has 1 aliphatic rings. The van der Waals surface area contributed by atoms with Gasteiger partial charge in [0.05, 0.1) is 11.8 Å². The maximum Gasteiger partial charge on any atom is 0.276 e. The SMILES string of the molecule is O=C(NN1C(=O)c2cc(Cl)ccc2NC1c1ccco1)c1ccc(Br)cc1. The molecule has 1 aromatic heterocycles. The molecular formula is C19H13BrClN3O3. The summed E-state index contributed by atoms with van der Waals surface area (Å²) in [5.74, 6) is -0.321. The summed E-state index contributed by atoms with van der Waals surface area (Å²) in [5, 5.41) is 4.84. The van der Waals surface area contributed by atoms with E-state index < -0.39 is 18.0 Å². The highest BCUT2D eigenvalue weighted by Crippen LogP contribution is 2.33. The lowest BCUT2D eigenvalue weighted by molar-refractivity contribution is 0.0467. The van der Waals surface area contributed by atoms with E-state index >= 15 is 0 Å². The third kappa shape index (κ3) is 3.43. The Bertz CT molecular complexity index is 1010. The highest BCUT2D eigenvalue weighted by molar-refractivity contribution is 9.10. The standard InChI is InChI=1S/C19H13BrClN3O3/c20-12-5-3-11(4-6-12)18(25)23-24-17(16-2-1-9-27-16)22-15-8-7-13(21)10-14(15)19(24)26/h1-10,17,22H,(H,23,25). The van der Waals surface area contributed by atoms with Crippen LogP contribution in [-0.4, -0.2) is 16.8 Å². The molecule has 2 aromatic carbocycles. The van der Waals surface area contributed by atoms with Crippen LogP contribution in [0.15, 0.2) is 69.8 Å². The van der Waals surface area contributed by atoms with Gasteiger partial charge >= 0.3 is 0 Å². The first-order chi connectivity index (χ1) is 13.0. The van der Waals surface area contributed by atoms with E-state index in [2.05, 4.69) is 26.7 Å². The van der Waals surface area contributed by atoms with Gasteiger partial charge in [-0.3, -0.25) is 15.0 Å². The van der Waals surface area contributed by atoms with Crippen LogP contribution in [-0.2, 0) is 0 Å². The molecule has 2 amide bonds. The lowest BCUT2D eigenvalue weighted by Gasteiger charge is -2.36. The van der Waals surface area contributed by atoms with E-state index in [0.717, 1.165) is 4.47 Å². The van der Waals surface area contributed by atoms with Crippen molar-refractivity contribution >= 4 is 45.0 Å². The first-order valence-corrected chi connectivity index (χ1v) is 9.19. The topological polar surface area (TPSA) is 74.6 Å². The van der Waals surface area contributed by atoms with Gasteiger partial charge in [-0.25, -0.2) is 5.01 Å². The molecule has 0 aliphatic carbocycles. The van der Waals surface area contributed by atoms with Gasteiger partial charge in [0, 0.05) is 20.7 Å². The van der Waals surface area contributed by atoms with Crippen molar-refractivity contribution in [1.29, 1.82) is 0 Å². The van der Waals surface area contributed by atoms with Crippen LogP contribution in [0.5, 0.6) is 0 Å². The Hall–Kier alpha value is -2.77. The number of amides is 2. The van der Waals surface area contributed by atoms with E-state index in [1.807, 2.05) is 0 Å². The number of carbonyl (C=O) groups is 2. The molecule has 1 unspecified atom stereocenters. The molecular weight excluding hydrogens is 434 g/mol. The molecule has 0 fully saturated rings. The number of fused-ring (bicyclic) bond motifs is 1. The number of anilines is 1. The largest absolute Gasteiger partial charge is 0.465 e. The van der Waals surface area contributed by atoms with Gasteiger partial charge in [0.2, 0.25) is 0 Å². The number of halogens is 2. The number of benzene rings is 2. The monoisotopic (exact) mass is 445 g/mol. The molecule has 136 valence electrons. The number of nitrogens with one attached hydrogen (secondary N) is 2. The van der Waals surface area contributed by atoms with Crippen LogP contribution in [0.1, 0.15) is 32.6 Å². The van der Waals surface area contributed by atoms with E-state index in [1.165, 1.54) is 11.3 Å². The number of rotatable bonds is 3. The predicted octanol–water partition coefficient (Wildman–Crippen LogP) is 4.61. The van der Waals surface area contributed by atoms with Gasteiger partial charge in [0.15, 0.2) is 6.17 Å². The van der Waals surface area contributed by atoms with Gasteiger partial charge in [0.1, 0.15) is 5.76 Å². The smallest absolute Gasteiger partial charge is 0.276 e. The van der Waals surface area contributed by atoms with Crippen molar-refractivity contribution < 1.29 is 14.0 Å². The average Bonchev–Trinajstić information content (AvgIpc) is 3.19. The zero-order valence-corrected chi connectivity index (χ0v) is 16.1. The Kier molecular flexibility index (Phi) is 4.63. The van der Waals surface area contributed by atoms with Gasteiger partial charge in [-0.2, -0.15) is 0 Å². The molecule has 2 heterocycles.